The lowest BCUT2D eigenvalue weighted by molar-refractivity contribution is 0.0427. The van der Waals surface area contributed by atoms with E-state index in [9.17, 15) is 14.0 Å². The lowest BCUT2D eigenvalue weighted by atomic mass is 10.2. The quantitative estimate of drug-likeness (QED) is 0.773. The fraction of sp³-hybridized carbons (Fsp3) is 0.562. The summed E-state index contributed by atoms with van der Waals surface area (Å²) in [6.07, 6.45) is -0.803. The van der Waals surface area contributed by atoms with E-state index < -0.39 is 35.0 Å². The lowest BCUT2D eigenvalue weighted by Crippen LogP contribution is -2.44. The number of hydrogen-bond donors (Lipinski definition) is 0. The number of ether oxygens (including phenoxy) is 2. The molecule has 0 aromatic carbocycles. The van der Waals surface area contributed by atoms with Crippen LogP contribution >= 0.6 is 0 Å². The van der Waals surface area contributed by atoms with E-state index in [-0.39, 0.29) is 5.56 Å². The highest BCUT2D eigenvalue weighted by Gasteiger charge is 2.35. The number of amides is 2. The molecule has 0 aliphatic rings. The first kappa shape index (κ1) is 18.9. The van der Waals surface area contributed by atoms with Gasteiger partial charge in [0.2, 0.25) is 0 Å². The molecule has 0 aliphatic heterocycles. The summed E-state index contributed by atoms with van der Waals surface area (Å²) >= 11 is 0. The van der Waals surface area contributed by atoms with Crippen molar-refractivity contribution in [3.63, 3.8) is 0 Å². The Kier molecular flexibility index (Phi) is 5.35. The van der Waals surface area contributed by atoms with Gasteiger partial charge < -0.3 is 9.47 Å². The van der Waals surface area contributed by atoms with E-state index in [1.165, 1.54) is 19.2 Å². The van der Waals surface area contributed by atoms with Gasteiger partial charge in [0, 0.05) is 6.20 Å². The Balaban J connectivity index is 3.29. The number of carbonyl (C=O) groups is 2. The van der Waals surface area contributed by atoms with E-state index in [1.54, 1.807) is 41.5 Å². The first-order valence-electron chi connectivity index (χ1n) is 7.19. The Bertz CT molecular complexity index is 575. The topological polar surface area (TPSA) is 68.7 Å². The molecule has 1 aromatic heterocycles. The Labute approximate surface area is 135 Å². The number of anilines is 1. The molecule has 0 unspecified atom stereocenters. The summed E-state index contributed by atoms with van der Waals surface area (Å²) < 4.78 is 24.6. The molecule has 23 heavy (non-hydrogen) atoms. The van der Waals surface area contributed by atoms with Gasteiger partial charge in [0.05, 0.1) is 0 Å². The van der Waals surface area contributed by atoms with Gasteiger partial charge in [-0.05, 0) is 60.1 Å². The molecule has 128 valence electrons. The Morgan fingerprint density at radius 1 is 1.04 bits per heavy atom. The van der Waals surface area contributed by atoms with Crippen LogP contribution in [0.15, 0.2) is 12.3 Å². The van der Waals surface area contributed by atoms with Gasteiger partial charge in [-0.1, -0.05) is 0 Å². The van der Waals surface area contributed by atoms with E-state index in [0.29, 0.717) is 4.90 Å². The Morgan fingerprint density at radius 2 is 1.48 bits per heavy atom. The molecule has 2 amide bonds. The van der Waals surface area contributed by atoms with Crippen LogP contribution in [0.2, 0.25) is 0 Å². The summed E-state index contributed by atoms with van der Waals surface area (Å²) in [6, 6.07) is 1.43. The van der Waals surface area contributed by atoms with Gasteiger partial charge in [0.1, 0.15) is 11.2 Å². The zero-order chi connectivity index (χ0) is 18.0. The summed E-state index contributed by atoms with van der Waals surface area (Å²) in [5, 5.41) is 0. The van der Waals surface area contributed by atoms with Crippen molar-refractivity contribution in [2.45, 2.75) is 59.7 Å². The van der Waals surface area contributed by atoms with Gasteiger partial charge in [0.15, 0.2) is 11.6 Å². The van der Waals surface area contributed by atoms with Crippen molar-refractivity contribution in [2.75, 3.05) is 4.90 Å². The minimum Gasteiger partial charge on any atom is -0.443 e. The number of aromatic nitrogens is 1. The molecule has 0 bridgehead atoms. The number of imide groups is 1. The Hall–Kier alpha value is -2.18. The van der Waals surface area contributed by atoms with Crippen molar-refractivity contribution in [2.24, 2.45) is 0 Å². The second-order valence-corrected chi connectivity index (χ2v) is 7.06. The van der Waals surface area contributed by atoms with Gasteiger partial charge in [-0.2, -0.15) is 4.90 Å². The highest BCUT2D eigenvalue weighted by Crippen LogP contribution is 2.24. The van der Waals surface area contributed by atoms with Crippen LogP contribution < -0.4 is 4.90 Å². The van der Waals surface area contributed by atoms with E-state index in [4.69, 9.17) is 9.47 Å². The molecular weight excluding hydrogens is 303 g/mol. The minimum atomic E-state index is -1.05. The summed E-state index contributed by atoms with van der Waals surface area (Å²) in [5.41, 5.74) is -1.48. The molecular formula is C16H23FN2O4. The number of carbonyl (C=O) groups excluding carboxylic acids is 2. The zero-order valence-electron chi connectivity index (χ0n) is 14.6. The predicted molar refractivity (Wildman–Crippen MR) is 83.9 cm³/mol. The second kappa shape index (κ2) is 6.52. The normalized spacial score (nSPS) is 11.8. The van der Waals surface area contributed by atoms with Crippen LogP contribution in [-0.4, -0.2) is 28.4 Å². The monoisotopic (exact) mass is 326 g/mol. The molecule has 1 heterocycles. The lowest BCUT2D eigenvalue weighted by Gasteiger charge is -2.28. The van der Waals surface area contributed by atoms with E-state index in [2.05, 4.69) is 4.98 Å². The zero-order valence-corrected chi connectivity index (χ0v) is 14.6. The summed E-state index contributed by atoms with van der Waals surface area (Å²) in [4.78, 5) is 29.0. The summed E-state index contributed by atoms with van der Waals surface area (Å²) in [6.45, 7) is 11.3. The van der Waals surface area contributed by atoms with Crippen LogP contribution in [0.4, 0.5) is 19.8 Å². The average molecular weight is 326 g/mol. The largest absolute Gasteiger partial charge is 0.443 e. The smallest absolute Gasteiger partial charge is 0.425 e. The number of rotatable bonds is 1. The fourth-order valence-corrected chi connectivity index (χ4v) is 1.54. The van der Waals surface area contributed by atoms with Crippen LogP contribution in [0.3, 0.4) is 0 Å². The Morgan fingerprint density at radius 3 is 1.87 bits per heavy atom. The molecule has 0 spiro atoms. The molecule has 0 saturated carbocycles. The maximum absolute atomic E-state index is 14.3. The molecule has 0 fully saturated rings. The standard InChI is InChI=1S/C16H23FN2O4/c1-10-8-9-18-12(11(10)17)19(13(20)22-15(2,3)4)14(21)23-16(5,6)7/h8-9H,1-7H3. The second-order valence-electron chi connectivity index (χ2n) is 7.06. The SMILES string of the molecule is Cc1ccnc(N(C(=O)OC(C)(C)C)C(=O)OC(C)(C)C)c1F. The van der Waals surface area contributed by atoms with Crippen LogP contribution in [0.1, 0.15) is 47.1 Å². The predicted octanol–water partition coefficient (Wildman–Crippen LogP) is 4.21. The molecule has 0 aliphatic carbocycles. The van der Waals surface area contributed by atoms with Crippen LogP contribution in [0, 0.1) is 12.7 Å². The molecule has 0 N–H and O–H groups in total. The van der Waals surface area contributed by atoms with E-state index >= 15 is 0 Å². The van der Waals surface area contributed by atoms with Crippen molar-refractivity contribution in [3.05, 3.63) is 23.6 Å². The van der Waals surface area contributed by atoms with Gasteiger partial charge in [-0.3, -0.25) is 0 Å². The van der Waals surface area contributed by atoms with Crippen molar-refractivity contribution in [1.29, 1.82) is 0 Å². The maximum atomic E-state index is 14.3. The van der Waals surface area contributed by atoms with Crippen LogP contribution in [-0.2, 0) is 9.47 Å². The minimum absolute atomic E-state index is 0.243. The summed E-state index contributed by atoms with van der Waals surface area (Å²) in [5.74, 6) is -1.24. The van der Waals surface area contributed by atoms with Gasteiger partial charge in [-0.15, -0.1) is 0 Å². The van der Waals surface area contributed by atoms with Crippen molar-refractivity contribution in [3.8, 4) is 0 Å². The fourth-order valence-electron chi connectivity index (χ4n) is 1.54. The third-order valence-electron chi connectivity index (χ3n) is 2.43. The molecule has 6 nitrogen and oxygen atoms in total. The maximum Gasteiger partial charge on any atom is 0.425 e. The highest BCUT2D eigenvalue weighted by molar-refractivity contribution is 6.08. The summed E-state index contributed by atoms with van der Waals surface area (Å²) in [7, 11) is 0. The average Bonchev–Trinajstić information content (AvgIpc) is 2.30. The van der Waals surface area contributed by atoms with Gasteiger partial charge in [-0.25, -0.2) is 19.0 Å². The molecule has 0 saturated heterocycles. The van der Waals surface area contributed by atoms with E-state index in [1.807, 2.05) is 0 Å². The third-order valence-corrected chi connectivity index (χ3v) is 2.43. The highest BCUT2D eigenvalue weighted by atomic mass is 19.1. The van der Waals surface area contributed by atoms with Crippen LogP contribution in [0.25, 0.3) is 0 Å². The van der Waals surface area contributed by atoms with Crippen molar-refractivity contribution in [1.82, 2.24) is 4.98 Å². The van der Waals surface area contributed by atoms with Crippen molar-refractivity contribution >= 4 is 18.0 Å². The number of hydrogen-bond acceptors (Lipinski definition) is 5. The van der Waals surface area contributed by atoms with Crippen molar-refractivity contribution < 1.29 is 23.5 Å². The number of aryl methyl sites for hydroxylation is 1. The number of halogens is 1. The molecule has 1 aromatic rings. The van der Waals surface area contributed by atoms with E-state index in [0.717, 1.165) is 0 Å². The molecule has 0 radical (unpaired) electrons. The molecule has 7 heteroatoms. The number of pyridine rings is 1. The number of nitrogens with zero attached hydrogens (tertiary/aromatic N) is 2. The third kappa shape index (κ3) is 5.50. The first-order valence-corrected chi connectivity index (χ1v) is 7.19. The van der Waals surface area contributed by atoms with Gasteiger partial charge >= 0.3 is 12.2 Å². The molecule has 0 atom stereocenters. The molecule has 1 rings (SSSR count). The van der Waals surface area contributed by atoms with Gasteiger partial charge in [0.25, 0.3) is 0 Å². The van der Waals surface area contributed by atoms with Crippen LogP contribution in [0.5, 0.6) is 0 Å². The first-order chi connectivity index (χ1) is 10.3.